The number of ether oxygens (including phenoxy) is 1. The zero-order valence-corrected chi connectivity index (χ0v) is 8.55. The molecule has 14 heavy (non-hydrogen) atoms. The van der Waals surface area contributed by atoms with Gasteiger partial charge in [-0.25, -0.2) is 14.6 Å². The number of esters is 1. The minimum absolute atomic E-state index is 0.0850. The Hall–Kier alpha value is -1.43. The third kappa shape index (κ3) is 2.08. The quantitative estimate of drug-likeness (QED) is 0.769. The summed E-state index contributed by atoms with van der Waals surface area (Å²) in [6.45, 7) is 3.53. The molecule has 0 aliphatic rings. The van der Waals surface area contributed by atoms with Gasteiger partial charge in [-0.3, -0.25) is 0 Å². The third-order valence-electron chi connectivity index (χ3n) is 1.45. The molecule has 0 aliphatic carbocycles. The predicted molar refractivity (Wildman–Crippen MR) is 49.8 cm³/mol. The van der Waals surface area contributed by atoms with Crippen LogP contribution in [0.5, 0.6) is 0 Å². The van der Waals surface area contributed by atoms with E-state index in [2.05, 4.69) is 4.98 Å². The minimum Gasteiger partial charge on any atom is -0.476 e. The van der Waals surface area contributed by atoms with E-state index in [9.17, 15) is 9.59 Å². The number of aryl methyl sites for hydroxylation is 1. The van der Waals surface area contributed by atoms with E-state index in [0.29, 0.717) is 4.88 Å². The van der Waals surface area contributed by atoms with E-state index in [1.807, 2.05) is 0 Å². The average molecular weight is 215 g/mol. The molecule has 0 saturated heterocycles. The van der Waals surface area contributed by atoms with Crippen LogP contribution in [0.3, 0.4) is 0 Å². The fourth-order valence-corrected chi connectivity index (χ4v) is 1.67. The number of rotatable bonds is 3. The second-order valence-electron chi connectivity index (χ2n) is 2.45. The topological polar surface area (TPSA) is 76.5 Å². The van der Waals surface area contributed by atoms with Crippen molar-refractivity contribution in [2.45, 2.75) is 13.8 Å². The van der Waals surface area contributed by atoms with E-state index in [0.717, 1.165) is 11.3 Å². The standard InChI is InChI=1S/C8H9NO4S/c1-3-13-8(12)6-9-5(7(10)11)4(2)14-6/h3H2,1-2H3,(H,10,11). The molecule has 1 rings (SSSR count). The zero-order valence-electron chi connectivity index (χ0n) is 7.73. The van der Waals surface area contributed by atoms with Crippen LogP contribution in [0.2, 0.25) is 0 Å². The molecule has 0 unspecified atom stereocenters. The van der Waals surface area contributed by atoms with Gasteiger partial charge in [0.25, 0.3) is 0 Å². The highest BCUT2D eigenvalue weighted by Gasteiger charge is 2.19. The number of hydrogen-bond donors (Lipinski definition) is 1. The summed E-state index contributed by atoms with van der Waals surface area (Å²) in [4.78, 5) is 25.9. The van der Waals surface area contributed by atoms with E-state index >= 15 is 0 Å². The van der Waals surface area contributed by atoms with Gasteiger partial charge in [0.2, 0.25) is 5.01 Å². The van der Waals surface area contributed by atoms with Crippen LogP contribution in [-0.2, 0) is 4.74 Å². The summed E-state index contributed by atoms with van der Waals surface area (Å²) in [6, 6.07) is 0. The highest BCUT2D eigenvalue weighted by molar-refractivity contribution is 7.13. The van der Waals surface area contributed by atoms with Gasteiger partial charge in [-0.1, -0.05) is 0 Å². The van der Waals surface area contributed by atoms with E-state index in [4.69, 9.17) is 9.84 Å². The van der Waals surface area contributed by atoms with Gasteiger partial charge in [-0.05, 0) is 13.8 Å². The first kappa shape index (κ1) is 10.6. The van der Waals surface area contributed by atoms with Gasteiger partial charge in [0.15, 0.2) is 5.69 Å². The van der Waals surface area contributed by atoms with Crippen molar-refractivity contribution < 1.29 is 19.4 Å². The molecule has 0 fully saturated rings. The molecule has 0 amide bonds. The summed E-state index contributed by atoms with van der Waals surface area (Å²) < 4.78 is 4.69. The Morgan fingerprint density at radius 1 is 1.57 bits per heavy atom. The zero-order chi connectivity index (χ0) is 10.7. The van der Waals surface area contributed by atoms with Crippen molar-refractivity contribution in [1.82, 2.24) is 4.98 Å². The summed E-state index contributed by atoms with van der Waals surface area (Å²) in [7, 11) is 0. The number of carbonyl (C=O) groups is 2. The van der Waals surface area contributed by atoms with Crippen LogP contribution in [0, 0.1) is 6.92 Å². The van der Waals surface area contributed by atoms with Crippen molar-refractivity contribution in [1.29, 1.82) is 0 Å². The Bertz CT molecular complexity index is 371. The van der Waals surface area contributed by atoms with Crippen LogP contribution >= 0.6 is 11.3 Å². The van der Waals surface area contributed by atoms with E-state index in [1.54, 1.807) is 13.8 Å². The number of nitrogens with zero attached hydrogens (tertiary/aromatic N) is 1. The van der Waals surface area contributed by atoms with Crippen LogP contribution in [0.25, 0.3) is 0 Å². The van der Waals surface area contributed by atoms with Crippen LogP contribution < -0.4 is 0 Å². The summed E-state index contributed by atoms with van der Waals surface area (Å²) in [6.07, 6.45) is 0. The lowest BCUT2D eigenvalue weighted by molar-refractivity contribution is 0.0526. The second kappa shape index (κ2) is 4.19. The largest absolute Gasteiger partial charge is 0.476 e. The molecule has 1 aromatic rings. The maximum Gasteiger partial charge on any atom is 0.367 e. The molecule has 76 valence electrons. The van der Waals surface area contributed by atoms with Crippen molar-refractivity contribution in [2.75, 3.05) is 6.61 Å². The molecule has 6 heteroatoms. The first-order chi connectivity index (χ1) is 6.56. The maximum absolute atomic E-state index is 11.2. The normalized spacial score (nSPS) is 9.86. The molecule has 0 bridgehead atoms. The van der Waals surface area contributed by atoms with Crippen LogP contribution in [0.15, 0.2) is 0 Å². The minimum atomic E-state index is -1.13. The fraction of sp³-hybridized carbons (Fsp3) is 0.375. The first-order valence-corrected chi connectivity index (χ1v) is 4.75. The summed E-state index contributed by atoms with van der Waals surface area (Å²) in [5.74, 6) is -1.71. The third-order valence-corrected chi connectivity index (χ3v) is 2.40. The number of carboxylic acids is 1. The maximum atomic E-state index is 11.2. The van der Waals surface area contributed by atoms with Gasteiger partial charge in [-0.15, -0.1) is 11.3 Å². The summed E-state index contributed by atoms with van der Waals surface area (Å²) >= 11 is 1.02. The van der Waals surface area contributed by atoms with Crippen molar-refractivity contribution in [3.63, 3.8) is 0 Å². The Morgan fingerprint density at radius 3 is 2.64 bits per heavy atom. The number of carbonyl (C=O) groups excluding carboxylic acids is 1. The predicted octanol–water partition coefficient (Wildman–Crippen LogP) is 1.33. The van der Waals surface area contributed by atoms with Crippen molar-refractivity contribution in [3.05, 3.63) is 15.6 Å². The van der Waals surface area contributed by atoms with Gasteiger partial charge in [-0.2, -0.15) is 0 Å². The van der Waals surface area contributed by atoms with Gasteiger partial charge in [0.05, 0.1) is 6.61 Å². The fourth-order valence-electron chi connectivity index (χ4n) is 0.875. The number of hydrogen-bond acceptors (Lipinski definition) is 5. The van der Waals surface area contributed by atoms with Crippen LogP contribution in [0.1, 0.15) is 32.1 Å². The molecule has 0 radical (unpaired) electrons. The molecule has 0 spiro atoms. The molecule has 0 saturated carbocycles. The number of aromatic carboxylic acids is 1. The number of aromatic nitrogens is 1. The van der Waals surface area contributed by atoms with Crippen LogP contribution in [0.4, 0.5) is 0 Å². The SMILES string of the molecule is CCOC(=O)c1nc(C(=O)O)c(C)s1. The Kier molecular flexibility index (Phi) is 3.19. The highest BCUT2D eigenvalue weighted by atomic mass is 32.1. The molecule has 5 nitrogen and oxygen atoms in total. The molecule has 1 aromatic heterocycles. The van der Waals surface area contributed by atoms with E-state index in [1.165, 1.54) is 0 Å². The Labute approximate surface area is 84.3 Å². The van der Waals surface area contributed by atoms with Crippen molar-refractivity contribution in [2.24, 2.45) is 0 Å². The molecule has 1 N–H and O–H groups in total. The lowest BCUT2D eigenvalue weighted by Crippen LogP contribution is -2.05. The molecule has 0 aliphatic heterocycles. The smallest absolute Gasteiger partial charge is 0.367 e. The number of thiazole rings is 1. The summed E-state index contributed by atoms with van der Waals surface area (Å²) in [5, 5.41) is 8.77. The lowest BCUT2D eigenvalue weighted by atomic mass is 10.4. The average Bonchev–Trinajstić information content (AvgIpc) is 2.48. The van der Waals surface area contributed by atoms with Crippen LogP contribution in [-0.4, -0.2) is 28.6 Å². The molecule has 1 heterocycles. The summed E-state index contributed by atoms with van der Waals surface area (Å²) in [5.41, 5.74) is -0.0851. The van der Waals surface area contributed by atoms with Gasteiger partial charge >= 0.3 is 11.9 Å². The monoisotopic (exact) mass is 215 g/mol. The van der Waals surface area contributed by atoms with Gasteiger partial charge in [0.1, 0.15) is 0 Å². The van der Waals surface area contributed by atoms with Gasteiger partial charge in [0, 0.05) is 4.88 Å². The molecule has 0 aromatic carbocycles. The second-order valence-corrected chi connectivity index (χ2v) is 3.65. The molecular formula is C8H9NO4S. The molecule has 0 atom stereocenters. The lowest BCUT2D eigenvalue weighted by Gasteiger charge is -1.94. The molecular weight excluding hydrogens is 206 g/mol. The number of carboxylic acid groups (broad SMARTS) is 1. The van der Waals surface area contributed by atoms with E-state index < -0.39 is 11.9 Å². The van der Waals surface area contributed by atoms with Crippen molar-refractivity contribution >= 4 is 23.3 Å². The Balaban J connectivity index is 2.96. The van der Waals surface area contributed by atoms with Gasteiger partial charge < -0.3 is 9.84 Å². The first-order valence-electron chi connectivity index (χ1n) is 3.94. The van der Waals surface area contributed by atoms with E-state index in [-0.39, 0.29) is 17.3 Å². The Morgan fingerprint density at radius 2 is 2.21 bits per heavy atom. The highest BCUT2D eigenvalue weighted by Crippen LogP contribution is 2.18. The van der Waals surface area contributed by atoms with Crippen molar-refractivity contribution in [3.8, 4) is 0 Å².